The second-order valence-electron chi connectivity index (χ2n) is 8.14. The molecule has 2 heterocycles. The molecule has 1 aromatic heterocycles. The number of alkyl halides is 3. The summed E-state index contributed by atoms with van der Waals surface area (Å²) in [7, 11) is 0. The molecule has 1 saturated heterocycles. The topological polar surface area (TPSA) is 38.1 Å². The molecule has 1 fully saturated rings. The molecule has 1 aliphatic heterocycles. The van der Waals surface area contributed by atoms with Crippen molar-refractivity contribution in [1.29, 1.82) is 0 Å². The summed E-state index contributed by atoms with van der Waals surface area (Å²) >= 11 is -0.213. The van der Waals surface area contributed by atoms with Crippen molar-refractivity contribution in [3.8, 4) is 0 Å². The molecule has 4 rings (SSSR count). The second kappa shape index (κ2) is 10.0. The number of likely N-dealkylation sites (tertiary alicyclic amines) is 1. The Morgan fingerprint density at radius 3 is 2.47 bits per heavy atom. The Bertz CT molecular complexity index is 1200. The van der Waals surface area contributed by atoms with Gasteiger partial charge in [0.15, 0.2) is 5.83 Å². The summed E-state index contributed by atoms with van der Waals surface area (Å²) in [5.41, 5.74) is -1.55. The van der Waals surface area contributed by atoms with Gasteiger partial charge in [0, 0.05) is 29.2 Å². The van der Waals surface area contributed by atoms with Gasteiger partial charge in [0.05, 0.1) is 6.54 Å². The Hall–Kier alpha value is -3.07. The molecule has 0 N–H and O–H groups in total. The fourth-order valence-electron chi connectivity index (χ4n) is 3.85. The van der Waals surface area contributed by atoms with Crippen molar-refractivity contribution in [3.63, 3.8) is 0 Å². The monoisotopic (exact) mass is 489 g/mol. The van der Waals surface area contributed by atoms with Gasteiger partial charge in [-0.05, 0) is 79.1 Å². The average molecular weight is 490 g/mol. The summed E-state index contributed by atoms with van der Waals surface area (Å²) in [4.78, 5) is 14.6. The molecule has 9 heteroatoms. The molecule has 1 amide bonds. The molecule has 4 nitrogen and oxygen atoms in total. The predicted octanol–water partition coefficient (Wildman–Crippen LogP) is 6.56. The van der Waals surface area contributed by atoms with Crippen molar-refractivity contribution in [2.75, 3.05) is 13.1 Å². The third-order valence-electron chi connectivity index (χ3n) is 5.53. The zero-order valence-corrected chi connectivity index (χ0v) is 19.3. The number of hydrogen-bond donors (Lipinski definition) is 0. The molecular weight excluding hydrogens is 466 g/mol. The van der Waals surface area contributed by atoms with Gasteiger partial charge in [0.1, 0.15) is 5.69 Å². The van der Waals surface area contributed by atoms with E-state index in [-0.39, 0.29) is 28.3 Å². The number of thioether (sulfide) groups is 1. The van der Waals surface area contributed by atoms with E-state index in [4.69, 9.17) is 0 Å². The first-order valence-electron chi connectivity index (χ1n) is 10.8. The quantitative estimate of drug-likeness (QED) is 0.291. The molecule has 0 saturated carbocycles. The van der Waals surface area contributed by atoms with E-state index in [0.29, 0.717) is 17.7 Å². The first kappa shape index (κ1) is 24.1. The van der Waals surface area contributed by atoms with Crippen molar-refractivity contribution >= 4 is 29.6 Å². The predicted molar refractivity (Wildman–Crippen MR) is 125 cm³/mol. The van der Waals surface area contributed by atoms with Crippen molar-refractivity contribution in [2.45, 2.75) is 36.7 Å². The maximum Gasteiger partial charge on any atom is 0.446 e. The van der Waals surface area contributed by atoms with E-state index in [9.17, 15) is 22.4 Å². The number of amides is 1. The lowest BCUT2D eigenvalue weighted by molar-refractivity contribution is -0.0328. The highest BCUT2D eigenvalue weighted by atomic mass is 32.2. The van der Waals surface area contributed by atoms with Crippen LogP contribution >= 0.6 is 11.8 Å². The van der Waals surface area contributed by atoms with E-state index in [2.05, 4.69) is 5.10 Å². The van der Waals surface area contributed by atoms with Gasteiger partial charge >= 0.3 is 5.51 Å². The van der Waals surface area contributed by atoms with Crippen molar-refractivity contribution in [2.24, 2.45) is 0 Å². The molecule has 0 bridgehead atoms. The maximum atomic E-state index is 14.8. The van der Waals surface area contributed by atoms with Gasteiger partial charge in [-0.3, -0.25) is 9.48 Å². The van der Waals surface area contributed by atoms with E-state index in [1.54, 1.807) is 16.8 Å². The average Bonchev–Trinajstić information content (AvgIpc) is 3.44. The smallest absolute Gasteiger partial charge is 0.339 e. The zero-order valence-electron chi connectivity index (χ0n) is 18.5. The second-order valence-corrected chi connectivity index (χ2v) is 9.28. The van der Waals surface area contributed by atoms with Crippen LogP contribution in [0.25, 0.3) is 11.9 Å². The number of hydrogen-bond acceptors (Lipinski definition) is 3. The van der Waals surface area contributed by atoms with Crippen LogP contribution in [0.15, 0.2) is 59.5 Å². The maximum absolute atomic E-state index is 14.8. The molecule has 3 aromatic rings. The van der Waals surface area contributed by atoms with Gasteiger partial charge in [-0.15, -0.1) is 0 Å². The lowest BCUT2D eigenvalue weighted by Crippen LogP contribution is -2.27. The SMILES string of the molecule is Cc1cc(C(F)=Cc2ccc(SC(F)(F)F)cc2)nn1Cc1cccc(C(=O)N2CCCC2)c1. The van der Waals surface area contributed by atoms with Crippen LogP contribution < -0.4 is 0 Å². The normalized spacial score (nSPS) is 14.6. The molecule has 1 aliphatic rings. The summed E-state index contributed by atoms with van der Waals surface area (Å²) in [6.07, 6.45) is 3.29. The third kappa shape index (κ3) is 6.08. The Morgan fingerprint density at radius 1 is 1.09 bits per heavy atom. The summed E-state index contributed by atoms with van der Waals surface area (Å²) in [6.45, 7) is 3.75. The zero-order chi connectivity index (χ0) is 24.3. The van der Waals surface area contributed by atoms with Gasteiger partial charge in [-0.2, -0.15) is 18.3 Å². The molecule has 178 valence electrons. The van der Waals surface area contributed by atoms with Crippen molar-refractivity contribution in [3.05, 3.63) is 82.7 Å². The van der Waals surface area contributed by atoms with Crippen LogP contribution in [0.4, 0.5) is 17.6 Å². The molecule has 34 heavy (non-hydrogen) atoms. The first-order valence-corrected chi connectivity index (χ1v) is 11.7. The van der Waals surface area contributed by atoms with E-state index in [0.717, 1.165) is 37.2 Å². The number of halogens is 4. The highest BCUT2D eigenvalue weighted by Gasteiger charge is 2.29. The molecule has 0 aliphatic carbocycles. The molecule has 0 radical (unpaired) electrons. The van der Waals surface area contributed by atoms with Crippen LogP contribution in [-0.2, 0) is 6.54 Å². The van der Waals surface area contributed by atoms with Crippen LogP contribution in [0.1, 0.15) is 45.7 Å². The van der Waals surface area contributed by atoms with Crippen LogP contribution in [-0.4, -0.2) is 39.2 Å². The Kier molecular flexibility index (Phi) is 7.11. The minimum Gasteiger partial charge on any atom is -0.339 e. The van der Waals surface area contributed by atoms with Gasteiger partial charge in [0.2, 0.25) is 0 Å². The summed E-state index contributed by atoms with van der Waals surface area (Å²) < 4.78 is 53.9. The molecular formula is C25H23F4N3OS. The highest BCUT2D eigenvalue weighted by Crippen LogP contribution is 2.37. The van der Waals surface area contributed by atoms with Gasteiger partial charge in [0.25, 0.3) is 5.91 Å². The van der Waals surface area contributed by atoms with Crippen molar-refractivity contribution in [1.82, 2.24) is 14.7 Å². The Morgan fingerprint density at radius 2 is 1.79 bits per heavy atom. The van der Waals surface area contributed by atoms with E-state index in [1.165, 1.54) is 30.3 Å². The van der Waals surface area contributed by atoms with Crippen LogP contribution in [0.3, 0.4) is 0 Å². The molecule has 0 unspecified atom stereocenters. The van der Waals surface area contributed by atoms with Gasteiger partial charge < -0.3 is 4.90 Å². The third-order valence-corrected chi connectivity index (χ3v) is 6.27. The number of rotatable bonds is 6. The van der Waals surface area contributed by atoms with E-state index < -0.39 is 11.3 Å². The van der Waals surface area contributed by atoms with E-state index >= 15 is 0 Å². The lowest BCUT2D eigenvalue weighted by atomic mass is 10.1. The van der Waals surface area contributed by atoms with Crippen LogP contribution in [0, 0.1) is 6.92 Å². The Balaban J connectivity index is 1.47. The van der Waals surface area contributed by atoms with E-state index in [1.807, 2.05) is 30.0 Å². The lowest BCUT2D eigenvalue weighted by Gasteiger charge is -2.15. The number of carbonyl (C=O) groups is 1. The first-order chi connectivity index (χ1) is 16.2. The van der Waals surface area contributed by atoms with Crippen LogP contribution in [0.5, 0.6) is 0 Å². The summed E-state index contributed by atoms with van der Waals surface area (Å²) in [5.74, 6) is -0.568. The van der Waals surface area contributed by atoms with Crippen molar-refractivity contribution < 1.29 is 22.4 Å². The van der Waals surface area contributed by atoms with Gasteiger partial charge in [-0.25, -0.2) is 4.39 Å². The standard InChI is InChI=1S/C25H23F4N3OS/c1-17-13-23(22(26)15-18-7-9-21(10-8-18)34-25(27,28)29)30-32(17)16-19-5-4-6-20(14-19)24(33)31-11-2-3-12-31/h4-10,13-15H,2-3,11-12,16H2,1H3. The largest absolute Gasteiger partial charge is 0.446 e. The molecule has 2 aromatic carbocycles. The van der Waals surface area contributed by atoms with Crippen LogP contribution in [0.2, 0.25) is 0 Å². The number of carbonyl (C=O) groups excluding carboxylic acids is 1. The minimum absolute atomic E-state index is 0.0193. The number of aryl methyl sites for hydroxylation is 1. The number of aromatic nitrogens is 2. The van der Waals surface area contributed by atoms with Gasteiger partial charge in [-0.1, -0.05) is 24.3 Å². The fraction of sp³-hybridized carbons (Fsp3) is 0.280. The summed E-state index contributed by atoms with van der Waals surface area (Å²) in [5, 5.41) is 4.34. The number of benzene rings is 2. The summed E-state index contributed by atoms with van der Waals surface area (Å²) in [6, 6.07) is 14.4. The highest BCUT2D eigenvalue weighted by molar-refractivity contribution is 8.00. The molecule has 0 atom stereocenters. The fourth-order valence-corrected chi connectivity index (χ4v) is 4.39. The molecule has 0 spiro atoms. The Labute approximate surface area is 199 Å². The minimum atomic E-state index is -4.37. The number of nitrogens with zero attached hydrogens (tertiary/aromatic N) is 3.